The predicted octanol–water partition coefficient (Wildman–Crippen LogP) is 8.73. The molecule has 0 saturated carbocycles. The second-order valence-electron chi connectivity index (χ2n) is 4.89. The van der Waals surface area contributed by atoms with Gasteiger partial charge in [0.05, 0.1) is 13.2 Å². The monoisotopic (exact) mass is 444 g/mol. The molecular formula is C28H60O3. The molecule has 0 rings (SSSR count). The number of aliphatic hydroxyl groups is 2. The van der Waals surface area contributed by atoms with E-state index >= 15 is 0 Å². The Morgan fingerprint density at radius 3 is 0.903 bits per heavy atom. The summed E-state index contributed by atoms with van der Waals surface area (Å²) in [6, 6.07) is 0. The summed E-state index contributed by atoms with van der Waals surface area (Å²) in [6.45, 7) is 42.2. The van der Waals surface area contributed by atoms with E-state index in [1.165, 1.54) is 64.2 Å². The van der Waals surface area contributed by atoms with Crippen LogP contribution in [-0.2, 0) is 4.74 Å². The number of rotatable bonds is 13. The summed E-state index contributed by atoms with van der Waals surface area (Å²) in [4.78, 5) is 0. The van der Waals surface area contributed by atoms with E-state index in [1.807, 2.05) is 0 Å². The smallest absolute Gasteiger partial charge is 0.0662 e. The van der Waals surface area contributed by atoms with E-state index in [2.05, 4.69) is 92.8 Å². The number of unbranched alkanes of at least 4 members (excludes halogenated alkanes) is 8. The van der Waals surface area contributed by atoms with Crippen LogP contribution < -0.4 is 0 Å². The first-order valence-electron chi connectivity index (χ1n) is 11.1. The highest BCUT2D eigenvalue weighted by Gasteiger charge is 1.91. The maximum atomic E-state index is 7.62. The van der Waals surface area contributed by atoms with Crippen molar-refractivity contribution in [1.82, 2.24) is 0 Å². The van der Waals surface area contributed by atoms with E-state index < -0.39 is 0 Å². The van der Waals surface area contributed by atoms with E-state index in [-0.39, 0.29) is 13.2 Å². The second-order valence-corrected chi connectivity index (χ2v) is 4.89. The van der Waals surface area contributed by atoms with Crippen LogP contribution in [0.1, 0.15) is 78.1 Å². The van der Waals surface area contributed by atoms with Crippen LogP contribution in [0.15, 0.2) is 78.9 Å². The third-order valence-corrected chi connectivity index (χ3v) is 2.88. The molecule has 0 bridgehead atoms. The van der Waals surface area contributed by atoms with Crippen molar-refractivity contribution in [1.29, 1.82) is 0 Å². The van der Waals surface area contributed by atoms with E-state index in [9.17, 15) is 0 Å². The molecule has 3 heteroatoms. The van der Waals surface area contributed by atoms with Crippen LogP contribution in [0.2, 0.25) is 0 Å². The van der Waals surface area contributed by atoms with Gasteiger partial charge in [-0.25, -0.2) is 0 Å². The topological polar surface area (TPSA) is 49.7 Å². The van der Waals surface area contributed by atoms with Crippen LogP contribution in [0.25, 0.3) is 0 Å². The Morgan fingerprint density at radius 2 is 0.645 bits per heavy atom. The Balaban J connectivity index is -0.0000000457. The van der Waals surface area contributed by atoms with Crippen LogP contribution in [0.5, 0.6) is 0 Å². The summed E-state index contributed by atoms with van der Waals surface area (Å²) < 4.78 is 5.59. The molecule has 0 aliphatic carbocycles. The average Bonchev–Trinajstić information content (AvgIpc) is 2.90. The Bertz CT molecular complexity index is 169. The van der Waals surface area contributed by atoms with Gasteiger partial charge in [-0.3, -0.25) is 0 Å². The predicted molar refractivity (Wildman–Crippen MR) is 150 cm³/mol. The van der Waals surface area contributed by atoms with Gasteiger partial charge in [0.15, 0.2) is 0 Å². The molecule has 0 aliphatic rings. The number of aliphatic hydroxyl groups excluding tert-OH is 2. The van der Waals surface area contributed by atoms with Gasteiger partial charge in [-0.1, -0.05) is 65.2 Å². The second kappa shape index (κ2) is 119. The summed E-state index contributed by atoms with van der Waals surface area (Å²) in [5.41, 5.74) is 0. The molecule has 0 heterocycles. The summed E-state index contributed by atoms with van der Waals surface area (Å²) in [5, 5.41) is 15.2. The van der Waals surface area contributed by atoms with Gasteiger partial charge in [0.25, 0.3) is 0 Å². The highest BCUT2D eigenvalue weighted by Crippen LogP contribution is 2.05. The number of hydrogen-bond donors (Lipinski definition) is 2. The fourth-order valence-corrected chi connectivity index (χ4v) is 1.72. The van der Waals surface area contributed by atoms with Crippen LogP contribution in [0.3, 0.4) is 0 Å². The Morgan fingerprint density at radius 1 is 0.419 bits per heavy atom. The highest BCUT2D eigenvalue weighted by atomic mass is 16.5. The zero-order chi connectivity index (χ0) is 26.6. The average molecular weight is 445 g/mol. The third-order valence-electron chi connectivity index (χ3n) is 2.88. The maximum Gasteiger partial charge on any atom is 0.0662 e. The van der Waals surface area contributed by atoms with Crippen molar-refractivity contribution in [2.75, 3.05) is 26.4 Å². The van der Waals surface area contributed by atoms with Crippen molar-refractivity contribution in [2.24, 2.45) is 0 Å². The molecule has 31 heavy (non-hydrogen) atoms. The molecule has 0 amide bonds. The van der Waals surface area contributed by atoms with Gasteiger partial charge in [0, 0.05) is 13.2 Å². The number of ether oxygens (including phenoxy) is 1. The third kappa shape index (κ3) is 153. The van der Waals surface area contributed by atoms with Gasteiger partial charge >= 0.3 is 0 Å². The minimum absolute atomic E-state index is 0.125. The van der Waals surface area contributed by atoms with Gasteiger partial charge in [0.2, 0.25) is 0 Å². The summed E-state index contributed by atoms with van der Waals surface area (Å²) in [5.74, 6) is 0. The van der Waals surface area contributed by atoms with Gasteiger partial charge in [0.1, 0.15) is 0 Å². The number of hydrogen-bond acceptors (Lipinski definition) is 3. The van der Waals surface area contributed by atoms with Crippen molar-refractivity contribution >= 4 is 0 Å². The molecule has 2 N–H and O–H groups in total. The van der Waals surface area contributed by atoms with Gasteiger partial charge in [-0.15, -0.1) is 78.9 Å². The lowest BCUT2D eigenvalue weighted by Gasteiger charge is -2.03. The first-order chi connectivity index (χ1) is 15.3. The quantitative estimate of drug-likeness (QED) is 0.220. The summed E-state index contributed by atoms with van der Waals surface area (Å²) >= 11 is 0. The van der Waals surface area contributed by atoms with E-state index in [0.717, 1.165) is 13.2 Å². The van der Waals surface area contributed by atoms with Crippen molar-refractivity contribution in [3.05, 3.63) is 78.9 Å². The molecule has 0 aromatic rings. The fraction of sp³-hybridized carbons (Fsp3) is 0.571. The molecule has 0 fully saturated rings. The molecule has 0 aromatic heterocycles. The zero-order valence-electron chi connectivity index (χ0n) is 21.7. The largest absolute Gasteiger partial charge is 0.394 e. The van der Waals surface area contributed by atoms with Gasteiger partial charge in [-0.2, -0.15) is 0 Å². The summed E-state index contributed by atoms with van der Waals surface area (Å²) in [7, 11) is 0. The SMILES string of the molecule is C=C.C=C.C=C.C=C.C=C.C=C.CCCCCCCCOCCCCCC.OCCO. The molecule has 0 aliphatic heterocycles. The Kier molecular flexibility index (Phi) is 199. The van der Waals surface area contributed by atoms with Gasteiger partial charge < -0.3 is 14.9 Å². The lowest BCUT2D eigenvalue weighted by molar-refractivity contribution is 0.126. The van der Waals surface area contributed by atoms with Crippen LogP contribution >= 0.6 is 0 Å². The maximum absolute atomic E-state index is 7.62. The molecule has 0 aromatic carbocycles. The first kappa shape index (κ1) is 51.7. The fourth-order valence-electron chi connectivity index (χ4n) is 1.72. The minimum atomic E-state index is -0.125. The van der Waals surface area contributed by atoms with Crippen molar-refractivity contribution < 1.29 is 14.9 Å². The standard InChI is InChI=1S/C14H30O.C2H6O2.6C2H4/c1-3-5-7-9-10-12-14-15-13-11-8-6-4-2;3-1-2-4;6*1-2/h3-14H2,1-2H3;3-4H,1-2H2;6*1-2H2. The van der Waals surface area contributed by atoms with Crippen LogP contribution in [0, 0.1) is 0 Å². The molecular weight excluding hydrogens is 384 g/mol. The molecule has 0 unspecified atom stereocenters. The highest BCUT2D eigenvalue weighted by molar-refractivity contribution is 4.44. The molecule has 190 valence electrons. The van der Waals surface area contributed by atoms with Crippen molar-refractivity contribution in [3.63, 3.8) is 0 Å². The molecule has 3 nitrogen and oxygen atoms in total. The van der Waals surface area contributed by atoms with Crippen LogP contribution in [-0.4, -0.2) is 36.6 Å². The Hall–Kier alpha value is -1.68. The first-order valence-corrected chi connectivity index (χ1v) is 11.1. The van der Waals surface area contributed by atoms with E-state index in [0.29, 0.717) is 0 Å². The van der Waals surface area contributed by atoms with E-state index in [1.54, 1.807) is 0 Å². The summed E-state index contributed by atoms with van der Waals surface area (Å²) in [6.07, 6.45) is 13.4. The molecule has 0 atom stereocenters. The van der Waals surface area contributed by atoms with Crippen molar-refractivity contribution in [3.8, 4) is 0 Å². The van der Waals surface area contributed by atoms with E-state index in [4.69, 9.17) is 14.9 Å². The Labute approximate surface area is 198 Å². The van der Waals surface area contributed by atoms with Crippen molar-refractivity contribution in [2.45, 2.75) is 78.1 Å². The normalized spacial score (nSPS) is 6.97. The lowest BCUT2D eigenvalue weighted by Crippen LogP contribution is -1.97. The lowest BCUT2D eigenvalue weighted by atomic mass is 10.1. The minimum Gasteiger partial charge on any atom is -0.394 e. The zero-order valence-corrected chi connectivity index (χ0v) is 21.7. The van der Waals surface area contributed by atoms with Crippen LogP contribution in [0.4, 0.5) is 0 Å². The molecule has 0 radical (unpaired) electrons. The molecule has 0 saturated heterocycles. The molecule has 0 spiro atoms. The van der Waals surface area contributed by atoms with Gasteiger partial charge in [-0.05, 0) is 12.8 Å².